The highest BCUT2D eigenvalue weighted by Crippen LogP contribution is 2.39. The van der Waals surface area contributed by atoms with E-state index in [0.29, 0.717) is 6.61 Å². The summed E-state index contributed by atoms with van der Waals surface area (Å²) in [5.41, 5.74) is -0.843. The Morgan fingerprint density at radius 1 is 1.25 bits per heavy atom. The molecule has 0 aliphatic heterocycles. The maximum absolute atomic E-state index is 12.2. The Hall–Kier alpha value is -0.570. The first kappa shape index (κ1) is 17.5. The van der Waals surface area contributed by atoms with Gasteiger partial charge in [-0.1, -0.05) is 46.0 Å². The van der Waals surface area contributed by atoms with Gasteiger partial charge in [-0.25, -0.2) is 0 Å². The zero-order chi connectivity index (χ0) is 15.0. The predicted octanol–water partition coefficient (Wildman–Crippen LogP) is 4.08. The fraction of sp³-hybridized carbons (Fsp3) is 0.941. The van der Waals surface area contributed by atoms with Crippen LogP contribution in [0.15, 0.2) is 0 Å². The highest BCUT2D eigenvalue weighted by molar-refractivity contribution is 5.73. The average Bonchev–Trinajstić information content (AvgIpc) is 2.60. The summed E-state index contributed by atoms with van der Waals surface area (Å²) in [5, 5.41) is 11.0. The predicted molar refractivity (Wildman–Crippen MR) is 81.5 cm³/mol. The monoisotopic (exact) mass is 284 g/mol. The second-order valence-corrected chi connectivity index (χ2v) is 6.28. The maximum atomic E-state index is 12.2. The van der Waals surface area contributed by atoms with Gasteiger partial charge in [-0.05, 0) is 38.5 Å². The van der Waals surface area contributed by atoms with Crippen molar-refractivity contribution < 1.29 is 14.6 Å². The lowest BCUT2D eigenvalue weighted by atomic mass is 9.78. The Morgan fingerprint density at radius 2 is 2.00 bits per heavy atom. The normalized spacial score (nSPS) is 28.7. The number of carbonyl (C=O) groups excluding carboxylic acids is 1. The van der Waals surface area contributed by atoms with E-state index in [4.69, 9.17) is 4.74 Å². The lowest BCUT2D eigenvalue weighted by Crippen LogP contribution is -2.43. The number of hydrogen-bond donors (Lipinski definition) is 1. The van der Waals surface area contributed by atoms with Gasteiger partial charge in [0.05, 0.1) is 18.1 Å². The van der Waals surface area contributed by atoms with Crippen molar-refractivity contribution in [2.75, 3.05) is 6.61 Å². The molecule has 1 N–H and O–H groups in total. The molecule has 0 radical (unpaired) electrons. The zero-order valence-electron chi connectivity index (χ0n) is 13.5. The van der Waals surface area contributed by atoms with Gasteiger partial charge >= 0.3 is 5.97 Å². The zero-order valence-corrected chi connectivity index (χ0v) is 13.5. The number of esters is 1. The summed E-state index contributed by atoms with van der Waals surface area (Å²) in [6.07, 6.45) is 8.85. The molecule has 118 valence electrons. The summed E-state index contributed by atoms with van der Waals surface area (Å²) in [7, 11) is 0. The summed E-state index contributed by atoms with van der Waals surface area (Å²) < 4.78 is 5.19. The minimum absolute atomic E-state index is 0.203. The van der Waals surface area contributed by atoms with Gasteiger partial charge in [-0.3, -0.25) is 4.79 Å². The molecule has 0 heterocycles. The van der Waals surface area contributed by atoms with Gasteiger partial charge in [0.2, 0.25) is 0 Å². The highest BCUT2D eigenvalue weighted by Gasteiger charge is 2.42. The Labute approximate surface area is 124 Å². The number of rotatable bonds is 7. The molecule has 3 heteroatoms. The van der Waals surface area contributed by atoms with E-state index in [1.165, 1.54) is 19.3 Å². The maximum Gasteiger partial charge on any atom is 0.311 e. The Morgan fingerprint density at radius 3 is 2.60 bits per heavy atom. The van der Waals surface area contributed by atoms with Crippen LogP contribution in [0.3, 0.4) is 0 Å². The average molecular weight is 284 g/mol. The number of hydrogen-bond acceptors (Lipinski definition) is 3. The second kappa shape index (κ2) is 8.66. The van der Waals surface area contributed by atoms with Crippen LogP contribution in [0.25, 0.3) is 0 Å². The van der Waals surface area contributed by atoms with Crippen molar-refractivity contribution >= 4 is 5.97 Å². The van der Waals surface area contributed by atoms with E-state index in [2.05, 4.69) is 13.8 Å². The molecule has 0 aromatic carbocycles. The minimum atomic E-state index is -0.843. The third-order valence-electron chi connectivity index (χ3n) is 4.70. The molecular weight excluding hydrogens is 252 g/mol. The Bertz CT molecular complexity index is 290. The molecule has 1 fully saturated rings. The molecule has 1 rings (SSSR count). The quantitative estimate of drug-likeness (QED) is 0.566. The SMILES string of the molecule is CCCC1CCCC(O)(C(CCC)C(=O)OCC)CC1. The van der Waals surface area contributed by atoms with Crippen molar-refractivity contribution in [3.63, 3.8) is 0 Å². The molecule has 3 nitrogen and oxygen atoms in total. The van der Waals surface area contributed by atoms with Crippen molar-refractivity contribution in [1.82, 2.24) is 0 Å². The smallest absolute Gasteiger partial charge is 0.311 e. The first-order valence-corrected chi connectivity index (χ1v) is 8.46. The molecule has 1 aliphatic carbocycles. The molecule has 0 spiro atoms. The molecule has 0 amide bonds. The van der Waals surface area contributed by atoms with Crippen LogP contribution in [0, 0.1) is 11.8 Å². The molecule has 1 saturated carbocycles. The molecule has 0 bridgehead atoms. The molecule has 1 aliphatic rings. The van der Waals surface area contributed by atoms with E-state index in [1.54, 1.807) is 0 Å². The minimum Gasteiger partial charge on any atom is -0.466 e. The van der Waals surface area contributed by atoms with Crippen molar-refractivity contribution in [1.29, 1.82) is 0 Å². The summed E-state index contributed by atoms with van der Waals surface area (Å²) in [6.45, 7) is 6.50. The molecule has 0 saturated heterocycles. The number of aliphatic hydroxyl groups is 1. The van der Waals surface area contributed by atoms with Crippen LogP contribution >= 0.6 is 0 Å². The van der Waals surface area contributed by atoms with Crippen LogP contribution in [-0.4, -0.2) is 23.3 Å². The van der Waals surface area contributed by atoms with Gasteiger partial charge in [-0.15, -0.1) is 0 Å². The summed E-state index contributed by atoms with van der Waals surface area (Å²) in [5.74, 6) is 0.178. The van der Waals surface area contributed by atoms with Crippen molar-refractivity contribution in [2.24, 2.45) is 11.8 Å². The van der Waals surface area contributed by atoms with Gasteiger partial charge in [-0.2, -0.15) is 0 Å². The lowest BCUT2D eigenvalue weighted by molar-refractivity contribution is -0.160. The molecule has 3 atom stereocenters. The summed E-state index contributed by atoms with van der Waals surface area (Å²) >= 11 is 0. The Balaban J connectivity index is 2.74. The van der Waals surface area contributed by atoms with Crippen molar-refractivity contribution in [3.8, 4) is 0 Å². The Kier molecular flexibility index (Phi) is 7.57. The van der Waals surface area contributed by atoms with Gasteiger partial charge in [0, 0.05) is 0 Å². The molecule has 20 heavy (non-hydrogen) atoms. The van der Waals surface area contributed by atoms with Crippen LogP contribution in [0.5, 0.6) is 0 Å². The number of carbonyl (C=O) groups is 1. The molecule has 0 aromatic heterocycles. The lowest BCUT2D eigenvalue weighted by Gasteiger charge is -2.34. The van der Waals surface area contributed by atoms with Crippen LogP contribution in [0.1, 0.15) is 78.6 Å². The third kappa shape index (κ3) is 4.76. The topological polar surface area (TPSA) is 46.5 Å². The van der Waals surface area contributed by atoms with Crippen molar-refractivity contribution in [3.05, 3.63) is 0 Å². The van der Waals surface area contributed by atoms with Gasteiger partial charge < -0.3 is 9.84 Å². The summed E-state index contributed by atoms with van der Waals surface area (Å²) in [4.78, 5) is 12.2. The van der Waals surface area contributed by atoms with E-state index in [1.807, 2.05) is 6.92 Å². The fourth-order valence-corrected chi connectivity index (χ4v) is 3.60. The van der Waals surface area contributed by atoms with E-state index in [9.17, 15) is 9.90 Å². The van der Waals surface area contributed by atoms with Crippen LogP contribution in [0.4, 0.5) is 0 Å². The molecular formula is C17H32O3. The second-order valence-electron chi connectivity index (χ2n) is 6.28. The van der Waals surface area contributed by atoms with Gasteiger partial charge in [0.1, 0.15) is 0 Å². The third-order valence-corrected chi connectivity index (χ3v) is 4.70. The first-order chi connectivity index (χ1) is 9.57. The van der Waals surface area contributed by atoms with E-state index in [0.717, 1.165) is 44.4 Å². The van der Waals surface area contributed by atoms with Gasteiger partial charge in [0.25, 0.3) is 0 Å². The summed E-state index contributed by atoms with van der Waals surface area (Å²) in [6, 6.07) is 0. The fourth-order valence-electron chi connectivity index (χ4n) is 3.60. The van der Waals surface area contributed by atoms with E-state index < -0.39 is 5.60 Å². The molecule has 0 aromatic rings. The standard InChI is InChI=1S/C17H32O3/c1-4-8-14-10-7-12-17(19,13-11-14)15(9-5-2)16(18)20-6-3/h14-15,19H,4-13H2,1-3H3. The number of ether oxygens (including phenoxy) is 1. The van der Waals surface area contributed by atoms with E-state index in [-0.39, 0.29) is 11.9 Å². The van der Waals surface area contributed by atoms with E-state index >= 15 is 0 Å². The highest BCUT2D eigenvalue weighted by atomic mass is 16.5. The van der Waals surface area contributed by atoms with Crippen LogP contribution < -0.4 is 0 Å². The first-order valence-electron chi connectivity index (χ1n) is 8.46. The van der Waals surface area contributed by atoms with Crippen molar-refractivity contribution in [2.45, 2.75) is 84.2 Å². The molecule has 3 unspecified atom stereocenters. The largest absolute Gasteiger partial charge is 0.466 e. The van der Waals surface area contributed by atoms with Gasteiger partial charge in [0.15, 0.2) is 0 Å². The van der Waals surface area contributed by atoms with Crippen LogP contribution in [0.2, 0.25) is 0 Å². The van der Waals surface area contributed by atoms with Crippen LogP contribution in [-0.2, 0) is 9.53 Å².